The number of nitriles is 1. The van der Waals surface area contributed by atoms with Crippen molar-refractivity contribution in [2.45, 2.75) is 6.04 Å². The van der Waals surface area contributed by atoms with Crippen LogP contribution < -0.4 is 5.32 Å². The SMILES string of the molecule is N#C/C(=C/NCCCl)C(=O)N1CCN(C(c2ccccc2)c2ccccc2)CC1. The molecule has 6 heteroatoms. The highest BCUT2D eigenvalue weighted by Crippen LogP contribution is 2.29. The minimum Gasteiger partial charge on any atom is -0.388 e. The van der Waals surface area contributed by atoms with Crippen molar-refractivity contribution in [3.8, 4) is 6.07 Å². The first-order chi connectivity index (χ1) is 14.2. The molecule has 2 aromatic carbocycles. The summed E-state index contributed by atoms with van der Waals surface area (Å²) in [6, 6.07) is 23.0. The zero-order valence-corrected chi connectivity index (χ0v) is 17.1. The van der Waals surface area contributed by atoms with Crippen LogP contribution in [0.2, 0.25) is 0 Å². The molecule has 1 aliphatic heterocycles. The fraction of sp³-hybridized carbons (Fsp3) is 0.304. The van der Waals surface area contributed by atoms with Gasteiger partial charge in [-0.2, -0.15) is 5.26 Å². The van der Waals surface area contributed by atoms with Gasteiger partial charge in [0.15, 0.2) is 0 Å². The van der Waals surface area contributed by atoms with E-state index < -0.39 is 0 Å². The molecule has 5 nitrogen and oxygen atoms in total. The van der Waals surface area contributed by atoms with Crippen molar-refractivity contribution in [1.29, 1.82) is 5.26 Å². The Morgan fingerprint density at radius 1 is 1.03 bits per heavy atom. The molecule has 150 valence electrons. The second-order valence-electron chi connectivity index (χ2n) is 6.86. The molecule has 1 amide bonds. The van der Waals surface area contributed by atoms with Crippen LogP contribution in [0.25, 0.3) is 0 Å². The molecule has 0 bridgehead atoms. The lowest BCUT2D eigenvalue weighted by atomic mass is 9.96. The lowest BCUT2D eigenvalue weighted by Gasteiger charge is -2.39. The molecule has 1 saturated heterocycles. The van der Waals surface area contributed by atoms with E-state index in [1.165, 1.54) is 17.3 Å². The quantitative estimate of drug-likeness (QED) is 0.331. The summed E-state index contributed by atoms with van der Waals surface area (Å²) in [5, 5.41) is 12.2. The molecule has 0 aliphatic carbocycles. The molecule has 1 heterocycles. The number of alkyl halides is 1. The van der Waals surface area contributed by atoms with E-state index in [4.69, 9.17) is 11.6 Å². The van der Waals surface area contributed by atoms with Gasteiger partial charge >= 0.3 is 0 Å². The van der Waals surface area contributed by atoms with Crippen molar-refractivity contribution >= 4 is 17.5 Å². The summed E-state index contributed by atoms with van der Waals surface area (Å²) in [5.74, 6) is 0.188. The predicted octanol–water partition coefficient (Wildman–Crippen LogP) is 3.16. The molecule has 1 N–H and O–H groups in total. The van der Waals surface area contributed by atoms with Crippen LogP contribution in [0.4, 0.5) is 0 Å². The Morgan fingerprint density at radius 3 is 2.07 bits per heavy atom. The van der Waals surface area contributed by atoms with Crippen molar-refractivity contribution < 1.29 is 4.79 Å². The number of halogens is 1. The monoisotopic (exact) mass is 408 g/mol. The van der Waals surface area contributed by atoms with Gasteiger partial charge in [0, 0.05) is 44.8 Å². The highest BCUT2D eigenvalue weighted by Gasteiger charge is 2.29. The Kier molecular flexibility index (Phi) is 7.69. The van der Waals surface area contributed by atoms with Crippen molar-refractivity contribution in [2.24, 2.45) is 0 Å². The maximum absolute atomic E-state index is 12.7. The fourth-order valence-electron chi connectivity index (χ4n) is 3.61. The lowest BCUT2D eigenvalue weighted by Crippen LogP contribution is -2.50. The molecular formula is C23H25ClN4O. The summed E-state index contributed by atoms with van der Waals surface area (Å²) < 4.78 is 0. The molecule has 2 aromatic rings. The van der Waals surface area contributed by atoms with Gasteiger partial charge in [-0.15, -0.1) is 11.6 Å². The van der Waals surface area contributed by atoms with Crippen molar-refractivity contribution in [1.82, 2.24) is 15.1 Å². The number of amides is 1. The molecule has 3 rings (SSSR count). The number of nitrogens with one attached hydrogen (secondary N) is 1. The molecule has 0 radical (unpaired) electrons. The van der Waals surface area contributed by atoms with E-state index in [0.717, 1.165) is 13.1 Å². The minimum absolute atomic E-state index is 0.117. The second kappa shape index (κ2) is 10.7. The van der Waals surface area contributed by atoms with E-state index in [1.54, 1.807) is 4.90 Å². The van der Waals surface area contributed by atoms with Crippen LogP contribution in [0.3, 0.4) is 0 Å². The number of piperazine rings is 1. The first kappa shape index (κ1) is 20.9. The molecule has 0 unspecified atom stereocenters. The van der Waals surface area contributed by atoms with E-state index in [-0.39, 0.29) is 17.5 Å². The maximum atomic E-state index is 12.7. The Morgan fingerprint density at radius 2 is 1.59 bits per heavy atom. The number of carbonyl (C=O) groups is 1. The number of nitrogens with zero attached hydrogens (tertiary/aromatic N) is 3. The molecule has 0 atom stereocenters. The van der Waals surface area contributed by atoms with Gasteiger partial charge in [0.25, 0.3) is 5.91 Å². The van der Waals surface area contributed by atoms with Crippen LogP contribution in [0.1, 0.15) is 17.2 Å². The third-order valence-corrected chi connectivity index (χ3v) is 5.22. The minimum atomic E-state index is -0.231. The molecule has 0 aromatic heterocycles. The zero-order valence-electron chi connectivity index (χ0n) is 16.3. The highest BCUT2D eigenvalue weighted by atomic mass is 35.5. The number of carbonyl (C=O) groups excluding carboxylic acids is 1. The van der Waals surface area contributed by atoms with Crippen LogP contribution in [-0.2, 0) is 4.79 Å². The van der Waals surface area contributed by atoms with Crippen LogP contribution in [0.15, 0.2) is 72.4 Å². The van der Waals surface area contributed by atoms with Gasteiger partial charge in [-0.3, -0.25) is 9.69 Å². The van der Waals surface area contributed by atoms with Crippen LogP contribution in [-0.4, -0.2) is 54.3 Å². The van der Waals surface area contributed by atoms with Crippen molar-refractivity contribution in [3.05, 3.63) is 83.6 Å². The fourth-order valence-corrected chi connectivity index (χ4v) is 3.72. The predicted molar refractivity (Wildman–Crippen MR) is 115 cm³/mol. The van der Waals surface area contributed by atoms with Crippen LogP contribution in [0.5, 0.6) is 0 Å². The third kappa shape index (κ3) is 5.38. The Hall–Kier alpha value is -2.81. The average molecular weight is 409 g/mol. The van der Waals surface area contributed by atoms with Gasteiger partial charge in [-0.25, -0.2) is 0 Å². The topological polar surface area (TPSA) is 59.4 Å². The molecule has 0 spiro atoms. The summed E-state index contributed by atoms with van der Waals surface area (Å²) in [6.07, 6.45) is 1.47. The van der Waals surface area contributed by atoms with E-state index in [1.807, 2.05) is 18.2 Å². The van der Waals surface area contributed by atoms with E-state index in [9.17, 15) is 10.1 Å². The van der Waals surface area contributed by atoms with Crippen molar-refractivity contribution in [2.75, 3.05) is 38.6 Å². The molecule has 29 heavy (non-hydrogen) atoms. The standard InChI is InChI=1S/C23H25ClN4O/c24-11-12-26-18-21(17-25)23(29)28-15-13-27(14-16-28)22(19-7-3-1-4-8-19)20-9-5-2-6-10-20/h1-10,18,22,26H,11-16H2/b21-18-. The Balaban J connectivity index is 1.71. The summed E-state index contributed by atoms with van der Waals surface area (Å²) in [7, 11) is 0. The molecule has 1 fully saturated rings. The molecule has 0 saturated carbocycles. The third-order valence-electron chi connectivity index (χ3n) is 5.03. The first-order valence-electron chi connectivity index (χ1n) is 9.77. The number of hydrogen-bond acceptors (Lipinski definition) is 4. The van der Waals surface area contributed by atoms with Crippen LogP contribution >= 0.6 is 11.6 Å². The van der Waals surface area contributed by atoms with Crippen molar-refractivity contribution in [3.63, 3.8) is 0 Å². The lowest BCUT2D eigenvalue weighted by molar-refractivity contribution is -0.128. The van der Waals surface area contributed by atoms with Gasteiger partial charge in [-0.1, -0.05) is 60.7 Å². The molecule has 1 aliphatic rings. The number of benzene rings is 2. The van der Waals surface area contributed by atoms with Gasteiger partial charge in [0.2, 0.25) is 0 Å². The van der Waals surface area contributed by atoms with Gasteiger partial charge in [0.1, 0.15) is 11.6 Å². The largest absolute Gasteiger partial charge is 0.388 e. The number of rotatable bonds is 7. The number of hydrogen-bond donors (Lipinski definition) is 1. The average Bonchev–Trinajstić information content (AvgIpc) is 2.78. The second-order valence-corrected chi connectivity index (χ2v) is 7.24. The van der Waals surface area contributed by atoms with Gasteiger partial charge in [-0.05, 0) is 11.1 Å². The Bertz CT molecular complexity index is 816. The zero-order chi connectivity index (χ0) is 20.5. The Labute approximate surface area is 177 Å². The van der Waals surface area contributed by atoms with Crippen LogP contribution in [0, 0.1) is 11.3 Å². The van der Waals surface area contributed by atoms with Gasteiger partial charge < -0.3 is 10.2 Å². The summed E-state index contributed by atoms with van der Waals surface area (Å²) >= 11 is 5.63. The van der Waals surface area contributed by atoms with E-state index in [2.05, 4.69) is 58.7 Å². The summed E-state index contributed by atoms with van der Waals surface area (Å²) in [6.45, 7) is 3.18. The van der Waals surface area contributed by atoms with E-state index >= 15 is 0 Å². The first-order valence-corrected chi connectivity index (χ1v) is 10.3. The van der Waals surface area contributed by atoms with E-state index in [0.29, 0.717) is 25.5 Å². The maximum Gasteiger partial charge on any atom is 0.266 e. The van der Waals surface area contributed by atoms with Gasteiger partial charge in [0.05, 0.1) is 6.04 Å². The summed E-state index contributed by atoms with van der Waals surface area (Å²) in [5.41, 5.74) is 2.59. The molecular weight excluding hydrogens is 384 g/mol. The normalized spacial score (nSPS) is 15.2. The smallest absolute Gasteiger partial charge is 0.266 e. The highest BCUT2D eigenvalue weighted by molar-refractivity contribution is 6.18. The summed E-state index contributed by atoms with van der Waals surface area (Å²) in [4.78, 5) is 16.8.